The van der Waals surface area contributed by atoms with E-state index in [0.29, 0.717) is 18.4 Å². The van der Waals surface area contributed by atoms with Crippen LogP contribution in [0.15, 0.2) is 84.9 Å². The molecule has 0 aliphatic carbocycles. The van der Waals surface area contributed by atoms with Crippen LogP contribution in [0.4, 0.5) is 4.79 Å². The molecule has 0 aliphatic heterocycles. The van der Waals surface area contributed by atoms with Crippen LogP contribution in [0.25, 0.3) is 0 Å². The molecule has 3 aromatic rings. The highest BCUT2D eigenvalue weighted by molar-refractivity contribution is 5.94. The number of nitrogens with zero attached hydrogens (tertiary/aromatic N) is 1. The van der Waals surface area contributed by atoms with Crippen molar-refractivity contribution >= 4 is 23.9 Å². The maximum Gasteiger partial charge on any atom is 0.408 e. The molecule has 3 amide bonds. The van der Waals surface area contributed by atoms with Gasteiger partial charge in [-0.05, 0) is 76.8 Å². The third-order valence-electron chi connectivity index (χ3n) is 7.34. The number of benzene rings is 3. The number of hydrogen-bond donors (Lipinski definition) is 3. The largest absolute Gasteiger partial charge is 0.508 e. The number of alkyl carbamates (subject to hydrolysis) is 1. The van der Waals surface area contributed by atoms with Crippen LogP contribution < -0.4 is 10.6 Å². The third kappa shape index (κ3) is 12.9. The number of esters is 1. The molecule has 10 nitrogen and oxygen atoms in total. The Labute approximate surface area is 290 Å². The van der Waals surface area contributed by atoms with Crippen molar-refractivity contribution in [2.75, 3.05) is 6.54 Å². The monoisotopic (exact) mass is 673 g/mol. The van der Waals surface area contributed by atoms with Gasteiger partial charge in [0.2, 0.25) is 11.8 Å². The number of phenols is 1. The van der Waals surface area contributed by atoms with E-state index in [1.54, 1.807) is 53.7 Å². The zero-order chi connectivity index (χ0) is 36.2. The molecule has 3 unspecified atom stereocenters. The Kier molecular flexibility index (Phi) is 13.8. The van der Waals surface area contributed by atoms with Crippen molar-refractivity contribution in [1.29, 1.82) is 0 Å². The van der Waals surface area contributed by atoms with E-state index in [9.17, 15) is 24.3 Å². The van der Waals surface area contributed by atoms with E-state index in [4.69, 9.17) is 9.47 Å². The summed E-state index contributed by atoms with van der Waals surface area (Å²) in [4.78, 5) is 57.2. The van der Waals surface area contributed by atoms with Gasteiger partial charge in [-0.15, -0.1) is 0 Å². The summed E-state index contributed by atoms with van der Waals surface area (Å²) in [5, 5.41) is 16.1. The molecule has 49 heavy (non-hydrogen) atoms. The summed E-state index contributed by atoms with van der Waals surface area (Å²) in [7, 11) is 0. The molecule has 10 heteroatoms. The highest BCUT2D eigenvalue weighted by Crippen LogP contribution is 2.27. The topological polar surface area (TPSA) is 134 Å². The first-order valence-electron chi connectivity index (χ1n) is 16.8. The maximum atomic E-state index is 14.7. The molecule has 264 valence electrons. The molecule has 0 aliphatic rings. The van der Waals surface area contributed by atoms with Crippen LogP contribution in [-0.2, 0) is 36.7 Å². The maximum absolute atomic E-state index is 14.7. The molecular formula is C39H51N3O7. The molecule has 0 saturated carbocycles. The minimum atomic E-state index is -1.27. The average molecular weight is 674 g/mol. The lowest BCUT2D eigenvalue weighted by atomic mass is 9.98. The molecule has 0 saturated heterocycles. The summed E-state index contributed by atoms with van der Waals surface area (Å²) in [6, 6.07) is 21.1. The number of carbonyl (C=O) groups excluding carboxylic acids is 4. The number of nitrogens with one attached hydrogen (secondary N) is 2. The van der Waals surface area contributed by atoms with Crippen LogP contribution in [0.1, 0.15) is 84.0 Å². The van der Waals surface area contributed by atoms with E-state index < -0.39 is 53.2 Å². The van der Waals surface area contributed by atoms with Gasteiger partial charge in [-0.1, -0.05) is 86.1 Å². The highest BCUT2D eigenvalue weighted by Gasteiger charge is 2.38. The van der Waals surface area contributed by atoms with Crippen LogP contribution in [0.2, 0.25) is 0 Å². The van der Waals surface area contributed by atoms with Gasteiger partial charge in [0.25, 0.3) is 0 Å². The fraction of sp³-hybridized carbons (Fsp3) is 0.436. The molecule has 3 atom stereocenters. The van der Waals surface area contributed by atoms with Crippen molar-refractivity contribution in [2.24, 2.45) is 0 Å². The van der Waals surface area contributed by atoms with Crippen LogP contribution in [-0.4, -0.2) is 63.7 Å². The molecule has 0 bridgehead atoms. The van der Waals surface area contributed by atoms with E-state index in [1.165, 1.54) is 17.0 Å². The van der Waals surface area contributed by atoms with Crippen molar-refractivity contribution < 1.29 is 33.8 Å². The third-order valence-corrected chi connectivity index (χ3v) is 7.34. The van der Waals surface area contributed by atoms with Gasteiger partial charge in [0, 0.05) is 19.4 Å². The molecule has 3 rings (SSSR count). The lowest BCUT2D eigenvalue weighted by Gasteiger charge is -2.35. The molecular weight excluding hydrogens is 622 g/mol. The number of aromatic hydroxyl groups is 1. The number of amides is 3. The number of hydrogen-bond acceptors (Lipinski definition) is 7. The number of carbonyl (C=O) groups is 4. The van der Waals surface area contributed by atoms with Gasteiger partial charge in [-0.25, -0.2) is 9.59 Å². The summed E-state index contributed by atoms with van der Waals surface area (Å²) in [6.07, 6.45) is 0.746. The fourth-order valence-corrected chi connectivity index (χ4v) is 5.23. The van der Waals surface area contributed by atoms with Crippen molar-refractivity contribution in [1.82, 2.24) is 15.5 Å². The van der Waals surface area contributed by atoms with Crippen LogP contribution in [0.3, 0.4) is 0 Å². The molecule has 0 radical (unpaired) electrons. The lowest BCUT2D eigenvalue weighted by Crippen LogP contribution is -2.55. The zero-order valence-electron chi connectivity index (χ0n) is 29.7. The van der Waals surface area contributed by atoms with Crippen LogP contribution in [0.5, 0.6) is 5.75 Å². The summed E-state index contributed by atoms with van der Waals surface area (Å²) >= 11 is 0. The van der Waals surface area contributed by atoms with Gasteiger partial charge in [-0.3, -0.25) is 9.59 Å². The molecule has 0 heterocycles. The smallest absolute Gasteiger partial charge is 0.408 e. The van der Waals surface area contributed by atoms with Gasteiger partial charge >= 0.3 is 12.1 Å². The van der Waals surface area contributed by atoms with Gasteiger partial charge in [-0.2, -0.15) is 0 Å². The minimum Gasteiger partial charge on any atom is -0.508 e. The Morgan fingerprint density at radius 3 is 1.80 bits per heavy atom. The van der Waals surface area contributed by atoms with Gasteiger partial charge in [0.15, 0.2) is 0 Å². The van der Waals surface area contributed by atoms with E-state index >= 15 is 0 Å². The SMILES string of the molecule is CCCCN(C(=O)C(Cc1ccccc1)NC(=O)OC(C)(C)C)C(C(=O)NC(Cc1ccccc1)C(=O)OC(C)(C)C)c1cccc(O)c1. The Balaban J connectivity index is 2.09. The number of ether oxygens (including phenoxy) is 2. The lowest BCUT2D eigenvalue weighted by molar-refractivity contribution is -0.159. The van der Waals surface area contributed by atoms with E-state index in [-0.39, 0.29) is 25.1 Å². The van der Waals surface area contributed by atoms with Crippen molar-refractivity contribution in [3.05, 3.63) is 102 Å². The first kappa shape index (κ1) is 38.6. The predicted molar refractivity (Wildman–Crippen MR) is 189 cm³/mol. The highest BCUT2D eigenvalue weighted by atomic mass is 16.6. The van der Waals surface area contributed by atoms with E-state index in [2.05, 4.69) is 10.6 Å². The second kappa shape index (κ2) is 17.5. The molecule has 0 spiro atoms. The Hall–Kier alpha value is -4.86. The predicted octanol–water partition coefficient (Wildman–Crippen LogP) is 6.27. The average Bonchev–Trinajstić information content (AvgIpc) is 3.01. The number of unbranched alkanes of at least 4 members (excludes halogenated alkanes) is 1. The van der Waals surface area contributed by atoms with Gasteiger partial charge in [0.05, 0.1) is 0 Å². The number of phenolic OH excluding ortho intramolecular Hbond substituents is 1. The normalized spacial score (nSPS) is 13.4. The second-order valence-corrected chi connectivity index (χ2v) is 14.1. The van der Waals surface area contributed by atoms with Crippen LogP contribution >= 0.6 is 0 Å². The Morgan fingerprint density at radius 2 is 1.29 bits per heavy atom. The summed E-state index contributed by atoms with van der Waals surface area (Å²) in [5.74, 6) is -1.89. The molecule has 3 aromatic carbocycles. The van der Waals surface area contributed by atoms with Crippen molar-refractivity contribution in [3.63, 3.8) is 0 Å². The zero-order valence-corrected chi connectivity index (χ0v) is 29.7. The van der Waals surface area contributed by atoms with Crippen molar-refractivity contribution in [3.8, 4) is 5.75 Å². The number of rotatable bonds is 14. The van der Waals surface area contributed by atoms with Gasteiger partial charge in [0.1, 0.15) is 35.1 Å². The van der Waals surface area contributed by atoms with E-state index in [0.717, 1.165) is 11.1 Å². The first-order valence-corrected chi connectivity index (χ1v) is 16.8. The summed E-state index contributed by atoms with van der Waals surface area (Å²) in [5.41, 5.74) is 0.295. The Bertz CT molecular complexity index is 1530. The summed E-state index contributed by atoms with van der Waals surface area (Å²) in [6.45, 7) is 12.5. The minimum absolute atomic E-state index is 0.0983. The second-order valence-electron chi connectivity index (χ2n) is 14.1. The Morgan fingerprint density at radius 1 is 0.735 bits per heavy atom. The fourth-order valence-electron chi connectivity index (χ4n) is 5.23. The first-order chi connectivity index (χ1) is 23.1. The van der Waals surface area contributed by atoms with Crippen molar-refractivity contribution in [2.45, 2.75) is 103 Å². The standard InChI is InChI=1S/C39H51N3O7/c1-8-9-23-42(35(45)31(24-27-17-12-10-13-18-27)41-37(47)49-39(5,6)7)33(29-21-16-22-30(43)26-29)34(44)40-32(36(46)48-38(2,3)4)25-28-19-14-11-15-20-28/h10-22,26,31-33,43H,8-9,23-25H2,1-7H3,(H,40,44)(H,41,47). The van der Waals surface area contributed by atoms with E-state index in [1.807, 2.05) is 67.6 Å². The molecule has 0 fully saturated rings. The van der Waals surface area contributed by atoms with Gasteiger partial charge < -0.3 is 30.1 Å². The quantitative estimate of drug-likeness (QED) is 0.172. The molecule has 0 aromatic heterocycles. The molecule has 3 N–H and O–H groups in total. The van der Waals surface area contributed by atoms with Crippen LogP contribution in [0, 0.1) is 0 Å². The summed E-state index contributed by atoms with van der Waals surface area (Å²) < 4.78 is 11.2.